The van der Waals surface area contributed by atoms with Crippen molar-refractivity contribution in [3.05, 3.63) is 0 Å². The molecule has 0 heterocycles. The molecular formula is C34H58O3. The first kappa shape index (κ1) is 30.6. The first-order chi connectivity index (χ1) is 17.8. The number of ketones is 3. The van der Waals surface area contributed by atoms with Crippen molar-refractivity contribution in [2.45, 2.75) is 175 Å². The van der Waals surface area contributed by atoms with Gasteiger partial charge in [-0.05, 0) is 118 Å². The maximum atomic E-state index is 12.1. The van der Waals surface area contributed by atoms with Gasteiger partial charge in [0.1, 0.15) is 17.3 Å². The number of carbonyl (C=O) groups is 3. The van der Waals surface area contributed by atoms with Gasteiger partial charge in [-0.15, -0.1) is 0 Å². The molecule has 4 bridgehead atoms. The number of Topliss-reactive ketones (excluding diaryl/α,β-unsaturated/α-hetero) is 3. The fourth-order valence-electron chi connectivity index (χ4n) is 9.58. The smallest absolute Gasteiger partial charge is 0.132 e. The van der Waals surface area contributed by atoms with Crippen LogP contribution < -0.4 is 0 Å². The van der Waals surface area contributed by atoms with E-state index in [4.69, 9.17) is 0 Å². The molecule has 0 spiro atoms. The molecular weight excluding hydrogens is 456 g/mol. The molecule has 0 amide bonds. The molecule has 3 nitrogen and oxygen atoms in total. The minimum atomic E-state index is 0.455. The number of hydrogen-bond acceptors (Lipinski definition) is 3. The van der Waals surface area contributed by atoms with E-state index in [1.807, 2.05) is 0 Å². The first-order valence-corrected chi connectivity index (χ1v) is 16.3. The quantitative estimate of drug-likeness (QED) is 0.143. The van der Waals surface area contributed by atoms with E-state index >= 15 is 0 Å². The van der Waals surface area contributed by atoms with Crippen LogP contribution in [-0.4, -0.2) is 17.3 Å². The van der Waals surface area contributed by atoms with Gasteiger partial charge in [-0.25, -0.2) is 0 Å². The Balaban J connectivity index is 1.61. The molecule has 3 heteroatoms. The van der Waals surface area contributed by atoms with Crippen molar-refractivity contribution in [1.82, 2.24) is 0 Å². The van der Waals surface area contributed by atoms with Crippen molar-refractivity contribution in [3.63, 3.8) is 0 Å². The van der Waals surface area contributed by atoms with Crippen LogP contribution in [0.3, 0.4) is 0 Å². The van der Waals surface area contributed by atoms with Gasteiger partial charge in [0.2, 0.25) is 0 Å². The SMILES string of the molecule is CCCC(=O)CCCCC12CC3CC(CCCCC(=O)CCC)(C1)CC(CCCCC(=O)CCC)(C3)C2. The highest BCUT2D eigenvalue weighted by Gasteiger charge is 2.61. The van der Waals surface area contributed by atoms with E-state index in [0.29, 0.717) is 33.6 Å². The van der Waals surface area contributed by atoms with Gasteiger partial charge in [0.15, 0.2) is 0 Å². The number of hydrogen-bond donors (Lipinski definition) is 0. The molecule has 4 aliphatic carbocycles. The molecule has 0 radical (unpaired) electrons. The molecule has 0 N–H and O–H groups in total. The van der Waals surface area contributed by atoms with Crippen LogP contribution in [0.15, 0.2) is 0 Å². The second kappa shape index (κ2) is 14.4. The zero-order valence-corrected chi connectivity index (χ0v) is 24.8. The third kappa shape index (κ3) is 9.03. The third-order valence-electron chi connectivity index (χ3n) is 10.2. The lowest BCUT2D eigenvalue weighted by Gasteiger charge is -2.67. The monoisotopic (exact) mass is 514 g/mol. The molecule has 0 aliphatic heterocycles. The molecule has 0 atom stereocenters. The molecule has 37 heavy (non-hydrogen) atoms. The topological polar surface area (TPSA) is 51.2 Å². The fourth-order valence-corrected chi connectivity index (χ4v) is 9.58. The molecule has 0 unspecified atom stereocenters. The summed E-state index contributed by atoms with van der Waals surface area (Å²) in [6.07, 6.45) is 26.8. The largest absolute Gasteiger partial charge is 0.300 e. The summed E-state index contributed by atoms with van der Waals surface area (Å²) in [4.78, 5) is 36.3. The lowest BCUT2D eigenvalue weighted by molar-refractivity contribution is -0.169. The first-order valence-electron chi connectivity index (χ1n) is 16.3. The van der Waals surface area contributed by atoms with Gasteiger partial charge in [-0.2, -0.15) is 0 Å². The predicted molar refractivity (Wildman–Crippen MR) is 154 cm³/mol. The summed E-state index contributed by atoms with van der Waals surface area (Å²) in [5.74, 6) is 2.24. The summed E-state index contributed by atoms with van der Waals surface area (Å²) in [6.45, 7) is 6.31. The van der Waals surface area contributed by atoms with Crippen molar-refractivity contribution in [2.75, 3.05) is 0 Å². The second-order valence-electron chi connectivity index (χ2n) is 14.0. The molecule has 0 aromatic rings. The van der Waals surface area contributed by atoms with Crippen LogP contribution in [0.2, 0.25) is 0 Å². The van der Waals surface area contributed by atoms with Crippen LogP contribution in [0.25, 0.3) is 0 Å². The zero-order chi connectivity index (χ0) is 26.8. The van der Waals surface area contributed by atoms with Crippen molar-refractivity contribution in [1.29, 1.82) is 0 Å². The van der Waals surface area contributed by atoms with Gasteiger partial charge in [-0.1, -0.05) is 40.0 Å². The Labute approximate surface area is 228 Å². The summed E-state index contributed by atoms with van der Waals surface area (Å²) < 4.78 is 0. The Morgan fingerprint density at radius 2 is 0.784 bits per heavy atom. The second-order valence-corrected chi connectivity index (χ2v) is 14.0. The Bertz CT molecular complexity index is 644. The van der Waals surface area contributed by atoms with E-state index in [0.717, 1.165) is 83.0 Å². The van der Waals surface area contributed by atoms with Crippen LogP contribution >= 0.6 is 0 Å². The van der Waals surface area contributed by atoms with Crippen molar-refractivity contribution >= 4 is 17.3 Å². The number of unbranched alkanes of at least 4 members (excludes halogenated alkanes) is 3. The highest BCUT2D eigenvalue weighted by atomic mass is 16.1. The molecule has 4 fully saturated rings. The Morgan fingerprint density at radius 1 is 0.486 bits per heavy atom. The fraction of sp³-hybridized carbons (Fsp3) is 0.912. The van der Waals surface area contributed by atoms with Crippen LogP contribution in [0, 0.1) is 22.2 Å². The molecule has 0 aromatic heterocycles. The Hall–Kier alpha value is -0.990. The molecule has 4 saturated carbocycles. The van der Waals surface area contributed by atoms with E-state index in [1.165, 1.54) is 77.0 Å². The lowest BCUT2D eigenvalue weighted by Crippen LogP contribution is -2.56. The van der Waals surface area contributed by atoms with Crippen molar-refractivity contribution in [2.24, 2.45) is 22.2 Å². The summed E-state index contributed by atoms with van der Waals surface area (Å²) in [7, 11) is 0. The highest BCUT2D eigenvalue weighted by Crippen LogP contribution is 2.73. The van der Waals surface area contributed by atoms with Crippen LogP contribution in [0.1, 0.15) is 175 Å². The molecule has 212 valence electrons. The Kier molecular flexibility index (Phi) is 11.9. The van der Waals surface area contributed by atoms with Crippen molar-refractivity contribution < 1.29 is 14.4 Å². The third-order valence-corrected chi connectivity index (χ3v) is 10.2. The van der Waals surface area contributed by atoms with Gasteiger partial charge in [0.05, 0.1) is 0 Å². The summed E-state index contributed by atoms with van der Waals surface area (Å²) in [5.41, 5.74) is 1.47. The summed E-state index contributed by atoms with van der Waals surface area (Å²) >= 11 is 0. The van der Waals surface area contributed by atoms with Gasteiger partial charge >= 0.3 is 0 Å². The van der Waals surface area contributed by atoms with E-state index in [9.17, 15) is 14.4 Å². The maximum Gasteiger partial charge on any atom is 0.132 e. The van der Waals surface area contributed by atoms with E-state index < -0.39 is 0 Å². The lowest BCUT2D eigenvalue weighted by atomic mass is 9.37. The predicted octanol–water partition coefficient (Wildman–Crippen LogP) is 9.73. The normalized spacial score (nSPS) is 30.1. The highest BCUT2D eigenvalue weighted by molar-refractivity contribution is 5.78. The van der Waals surface area contributed by atoms with Crippen LogP contribution in [0.5, 0.6) is 0 Å². The van der Waals surface area contributed by atoms with Gasteiger partial charge in [0, 0.05) is 38.5 Å². The molecule has 0 saturated heterocycles. The number of carbonyl (C=O) groups excluding carboxylic acids is 3. The average molecular weight is 515 g/mol. The zero-order valence-electron chi connectivity index (χ0n) is 24.8. The number of rotatable bonds is 21. The van der Waals surface area contributed by atoms with E-state index in [-0.39, 0.29) is 0 Å². The minimum Gasteiger partial charge on any atom is -0.300 e. The Morgan fingerprint density at radius 3 is 1.05 bits per heavy atom. The van der Waals surface area contributed by atoms with Crippen molar-refractivity contribution in [3.8, 4) is 0 Å². The standard InChI is InChI=1S/C34H58O3/c1-4-13-29(35)16-7-10-19-32-22-28-23-33(25-32,20-11-8-17-30(36)14-5-2)27-34(24-28,26-32)21-12-9-18-31(37)15-6-3/h28H,4-27H2,1-3H3. The summed E-state index contributed by atoms with van der Waals surface area (Å²) in [6, 6.07) is 0. The minimum absolute atomic E-state index is 0.455. The average Bonchev–Trinajstić information content (AvgIpc) is 2.82. The molecule has 4 rings (SSSR count). The molecule has 0 aromatic carbocycles. The van der Waals surface area contributed by atoms with E-state index in [2.05, 4.69) is 20.8 Å². The van der Waals surface area contributed by atoms with Gasteiger partial charge < -0.3 is 0 Å². The maximum absolute atomic E-state index is 12.1. The van der Waals surface area contributed by atoms with Crippen LogP contribution in [-0.2, 0) is 14.4 Å². The van der Waals surface area contributed by atoms with Crippen LogP contribution in [0.4, 0.5) is 0 Å². The molecule has 4 aliphatic rings. The van der Waals surface area contributed by atoms with Gasteiger partial charge in [-0.3, -0.25) is 14.4 Å². The van der Waals surface area contributed by atoms with E-state index in [1.54, 1.807) is 0 Å². The summed E-state index contributed by atoms with van der Waals surface area (Å²) in [5, 5.41) is 0. The van der Waals surface area contributed by atoms with Gasteiger partial charge in [0.25, 0.3) is 0 Å².